The molecular formula is C33H31F6N. The molecule has 0 aliphatic heterocycles. The summed E-state index contributed by atoms with van der Waals surface area (Å²) >= 11 is 0. The zero-order valence-electron chi connectivity index (χ0n) is 22.4. The second kappa shape index (κ2) is 11.7. The third-order valence-corrected chi connectivity index (χ3v) is 9.01. The lowest BCUT2D eigenvalue weighted by molar-refractivity contribution is 0.360. The van der Waals surface area contributed by atoms with Crippen molar-refractivity contribution in [2.75, 3.05) is 0 Å². The van der Waals surface area contributed by atoms with Crippen LogP contribution in [0.5, 0.6) is 0 Å². The molecule has 7 heteroatoms. The topological polar surface area (TPSA) is 23.8 Å². The van der Waals surface area contributed by atoms with Gasteiger partial charge in [-0.1, -0.05) is 25.1 Å². The molecule has 0 spiro atoms. The Kier molecular flexibility index (Phi) is 8.26. The Hall–Kier alpha value is -3.27. The number of nitrogens with zero attached hydrogens (tertiary/aromatic N) is 1. The highest BCUT2D eigenvalue weighted by molar-refractivity contribution is 5.40. The lowest BCUT2D eigenvalue weighted by atomic mass is 9.74. The van der Waals surface area contributed by atoms with Crippen molar-refractivity contribution in [1.82, 2.24) is 0 Å². The van der Waals surface area contributed by atoms with Gasteiger partial charge < -0.3 is 0 Å². The third-order valence-electron chi connectivity index (χ3n) is 9.01. The van der Waals surface area contributed by atoms with Gasteiger partial charge in [0, 0.05) is 5.56 Å². The molecule has 1 nitrogen and oxygen atoms in total. The van der Waals surface area contributed by atoms with Gasteiger partial charge >= 0.3 is 0 Å². The summed E-state index contributed by atoms with van der Waals surface area (Å²) in [4.78, 5) is 0. The van der Waals surface area contributed by atoms with Crippen LogP contribution in [0.1, 0.15) is 96.2 Å². The van der Waals surface area contributed by atoms with E-state index in [9.17, 15) is 17.6 Å². The van der Waals surface area contributed by atoms with Gasteiger partial charge in [0.2, 0.25) is 0 Å². The maximum atomic E-state index is 15.7. The number of fused-ring (bicyclic) bond motifs is 1. The average molecular weight is 556 g/mol. The van der Waals surface area contributed by atoms with E-state index in [4.69, 9.17) is 5.26 Å². The number of rotatable bonds is 6. The van der Waals surface area contributed by atoms with E-state index in [0.29, 0.717) is 86.5 Å². The first kappa shape index (κ1) is 28.3. The normalized spacial score (nSPS) is 20.7. The molecule has 2 aliphatic rings. The van der Waals surface area contributed by atoms with Gasteiger partial charge in [-0.15, -0.1) is 0 Å². The first-order chi connectivity index (χ1) is 19.2. The predicted octanol–water partition coefficient (Wildman–Crippen LogP) is 9.13. The summed E-state index contributed by atoms with van der Waals surface area (Å²) in [5.41, 5.74) is 1.77. The van der Waals surface area contributed by atoms with Crippen molar-refractivity contribution in [3.05, 3.63) is 104 Å². The molecule has 5 rings (SSSR count). The molecule has 1 unspecified atom stereocenters. The number of aryl methyl sites for hydroxylation is 2. The largest absolute Gasteiger partial charge is 0.207 e. The van der Waals surface area contributed by atoms with E-state index in [1.807, 2.05) is 0 Å². The number of hydrogen-bond donors (Lipinski definition) is 0. The maximum Gasteiger partial charge on any atom is 0.176 e. The van der Waals surface area contributed by atoms with Crippen LogP contribution in [0, 0.1) is 52.2 Å². The molecule has 3 aromatic rings. The van der Waals surface area contributed by atoms with Gasteiger partial charge in [-0.3, -0.25) is 0 Å². The molecule has 0 radical (unpaired) electrons. The number of halogens is 6. The lowest BCUT2D eigenvalue weighted by Gasteiger charge is -2.32. The summed E-state index contributed by atoms with van der Waals surface area (Å²) in [5, 5.41) is 8.91. The van der Waals surface area contributed by atoms with Crippen molar-refractivity contribution in [3.8, 4) is 6.07 Å². The van der Waals surface area contributed by atoms with Crippen molar-refractivity contribution in [2.24, 2.45) is 5.92 Å². The van der Waals surface area contributed by atoms with Gasteiger partial charge in [0.25, 0.3) is 0 Å². The zero-order valence-corrected chi connectivity index (χ0v) is 22.4. The third kappa shape index (κ3) is 5.25. The highest BCUT2D eigenvalue weighted by atomic mass is 19.2. The highest BCUT2D eigenvalue weighted by Gasteiger charge is 2.33. The first-order valence-corrected chi connectivity index (χ1v) is 14.1. The van der Waals surface area contributed by atoms with Crippen LogP contribution in [0.2, 0.25) is 0 Å². The summed E-state index contributed by atoms with van der Waals surface area (Å²) in [5.74, 6) is -5.38. The summed E-state index contributed by atoms with van der Waals surface area (Å²) in [6.45, 7) is 1.77. The van der Waals surface area contributed by atoms with Crippen molar-refractivity contribution in [1.29, 1.82) is 5.26 Å². The minimum absolute atomic E-state index is 0.0793. The minimum Gasteiger partial charge on any atom is -0.207 e. The number of hydrogen-bond acceptors (Lipinski definition) is 1. The quantitative estimate of drug-likeness (QED) is 0.278. The molecule has 0 aromatic heterocycles. The van der Waals surface area contributed by atoms with Crippen LogP contribution in [-0.2, 0) is 25.7 Å². The Morgan fingerprint density at radius 3 is 2.15 bits per heavy atom. The van der Waals surface area contributed by atoms with Crippen molar-refractivity contribution in [2.45, 2.75) is 83.0 Å². The molecule has 0 amide bonds. The molecule has 0 heterocycles. The number of benzene rings is 3. The van der Waals surface area contributed by atoms with E-state index in [1.165, 1.54) is 18.2 Å². The summed E-state index contributed by atoms with van der Waals surface area (Å²) in [6.07, 6.45) is 4.81. The van der Waals surface area contributed by atoms with Gasteiger partial charge in [-0.25, -0.2) is 26.3 Å². The zero-order chi connectivity index (χ0) is 28.6. The molecule has 40 heavy (non-hydrogen) atoms. The van der Waals surface area contributed by atoms with Gasteiger partial charge in [0.05, 0.1) is 5.56 Å². The van der Waals surface area contributed by atoms with Crippen LogP contribution < -0.4 is 0 Å². The molecule has 2 aliphatic carbocycles. The summed E-state index contributed by atoms with van der Waals surface area (Å²) in [7, 11) is 0. The fourth-order valence-electron chi connectivity index (χ4n) is 6.68. The van der Waals surface area contributed by atoms with E-state index >= 15 is 8.78 Å². The van der Waals surface area contributed by atoms with Crippen molar-refractivity contribution >= 4 is 0 Å². The number of nitriles is 1. The fraction of sp³-hybridized carbons (Fsp3) is 0.424. The first-order valence-electron chi connectivity index (χ1n) is 14.1. The Morgan fingerprint density at radius 1 is 0.775 bits per heavy atom. The predicted molar refractivity (Wildman–Crippen MR) is 141 cm³/mol. The monoisotopic (exact) mass is 555 g/mol. The van der Waals surface area contributed by atoms with Gasteiger partial charge in [0.15, 0.2) is 23.3 Å². The molecule has 210 valence electrons. The standard InChI is InChI=1S/C33H31F6N/c1-2-19-6-11-22(30(36)29(19)35)5-3-18-4-13-26-24(15-18)16-27(34)28(32(26)38)21-9-7-20(8-10-21)25-14-12-23(17-40)31(37)33(25)39/h6,11-12,14,16,18,20-21H,2-5,7-10,13,15H2,1H3. The van der Waals surface area contributed by atoms with Crippen LogP contribution in [-0.4, -0.2) is 0 Å². The second-order valence-electron chi connectivity index (χ2n) is 11.2. The van der Waals surface area contributed by atoms with E-state index in [-0.39, 0.29) is 34.4 Å². The molecule has 3 aromatic carbocycles. The Labute approximate surface area is 230 Å². The van der Waals surface area contributed by atoms with Gasteiger partial charge in [-0.2, -0.15) is 5.26 Å². The summed E-state index contributed by atoms with van der Waals surface area (Å²) < 4.78 is 88.3. The molecule has 1 saturated carbocycles. The Balaban J connectivity index is 1.26. The van der Waals surface area contributed by atoms with Gasteiger partial charge in [0.1, 0.15) is 17.7 Å². The maximum absolute atomic E-state index is 15.7. The minimum atomic E-state index is -1.15. The molecule has 1 atom stereocenters. The molecule has 0 saturated heterocycles. The lowest BCUT2D eigenvalue weighted by Crippen LogP contribution is -2.21. The van der Waals surface area contributed by atoms with Crippen LogP contribution in [0.4, 0.5) is 26.3 Å². The van der Waals surface area contributed by atoms with Crippen molar-refractivity contribution in [3.63, 3.8) is 0 Å². The van der Waals surface area contributed by atoms with E-state index in [1.54, 1.807) is 25.1 Å². The van der Waals surface area contributed by atoms with Crippen molar-refractivity contribution < 1.29 is 26.3 Å². The van der Waals surface area contributed by atoms with Crippen LogP contribution >= 0.6 is 0 Å². The Morgan fingerprint density at radius 2 is 1.45 bits per heavy atom. The van der Waals surface area contributed by atoms with Crippen LogP contribution in [0.15, 0.2) is 30.3 Å². The fourth-order valence-corrected chi connectivity index (χ4v) is 6.68. The summed E-state index contributed by atoms with van der Waals surface area (Å²) in [6, 6.07) is 9.00. The van der Waals surface area contributed by atoms with Gasteiger partial charge in [-0.05, 0) is 122 Å². The molecule has 0 N–H and O–H groups in total. The smallest absolute Gasteiger partial charge is 0.176 e. The molecular weight excluding hydrogens is 524 g/mol. The SMILES string of the molecule is CCc1ccc(CCC2CCc3c(cc(F)c(C4CCC(c5ccc(C#N)c(F)c5F)CC4)c3F)C2)c(F)c1F. The molecule has 1 fully saturated rings. The average Bonchev–Trinajstić information content (AvgIpc) is 2.95. The highest BCUT2D eigenvalue weighted by Crippen LogP contribution is 2.44. The Bertz CT molecular complexity index is 1470. The van der Waals surface area contributed by atoms with Crippen LogP contribution in [0.25, 0.3) is 0 Å². The second-order valence-corrected chi connectivity index (χ2v) is 11.2. The van der Waals surface area contributed by atoms with E-state index < -0.39 is 34.9 Å². The molecule has 0 bridgehead atoms. The van der Waals surface area contributed by atoms with E-state index in [2.05, 4.69) is 0 Å². The van der Waals surface area contributed by atoms with E-state index in [0.717, 1.165) is 0 Å². The van der Waals surface area contributed by atoms with Crippen LogP contribution in [0.3, 0.4) is 0 Å².